The molecule has 0 fully saturated rings. The third kappa shape index (κ3) is 5.18. The highest BCUT2D eigenvalue weighted by molar-refractivity contribution is 7.89. The number of nitrogens with one attached hydrogen (secondary N) is 1. The van der Waals surface area contributed by atoms with Gasteiger partial charge in [0.2, 0.25) is 10.0 Å². The number of anilines is 1. The molecule has 0 aromatic heterocycles. The number of sulfonamides is 1. The van der Waals surface area contributed by atoms with Gasteiger partial charge in [-0.3, -0.25) is 4.79 Å². The molecule has 0 aliphatic carbocycles. The Kier molecular flexibility index (Phi) is 5.62. The third-order valence-corrected chi connectivity index (χ3v) is 4.11. The van der Waals surface area contributed by atoms with Crippen LogP contribution in [0.25, 0.3) is 0 Å². The number of esters is 1. The van der Waals surface area contributed by atoms with Crippen molar-refractivity contribution in [3.05, 3.63) is 53.1 Å². The highest BCUT2D eigenvalue weighted by atomic mass is 35.5. The first kappa shape index (κ1) is 18.7. The maximum absolute atomic E-state index is 11.8. The molecule has 0 radical (unpaired) electrons. The van der Waals surface area contributed by atoms with Gasteiger partial charge in [0.1, 0.15) is 11.3 Å². The predicted octanol–water partition coefficient (Wildman–Crippen LogP) is 1.49. The van der Waals surface area contributed by atoms with E-state index in [0.29, 0.717) is 0 Å². The molecule has 0 spiro atoms. The van der Waals surface area contributed by atoms with Crippen LogP contribution in [0.5, 0.6) is 5.75 Å². The number of phenols is 1. The van der Waals surface area contributed by atoms with Gasteiger partial charge in [-0.25, -0.2) is 18.4 Å². The number of carbonyl (C=O) groups excluding carboxylic acids is 2. The van der Waals surface area contributed by atoms with Crippen molar-refractivity contribution in [2.45, 2.75) is 4.90 Å². The molecule has 0 aliphatic rings. The van der Waals surface area contributed by atoms with E-state index < -0.39 is 28.5 Å². The number of hydrogen-bond donors (Lipinski definition) is 3. The second kappa shape index (κ2) is 7.51. The summed E-state index contributed by atoms with van der Waals surface area (Å²) in [5.74, 6) is -1.98. The molecule has 1 amide bonds. The van der Waals surface area contributed by atoms with Crippen molar-refractivity contribution in [2.24, 2.45) is 5.14 Å². The SMILES string of the molecule is NS(=O)(=O)c1cccc(NC(=O)COC(=O)c2cc(Cl)ccc2O)c1. The van der Waals surface area contributed by atoms with Crippen LogP contribution in [-0.4, -0.2) is 32.0 Å². The standard InChI is InChI=1S/C15H13ClN2O6S/c16-9-4-5-13(19)12(6-9)15(21)24-8-14(20)18-10-2-1-3-11(7-10)25(17,22)23/h1-7,19H,8H2,(H,18,20)(H2,17,22,23). The molecule has 2 aromatic carbocycles. The lowest BCUT2D eigenvalue weighted by molar-refractivity contribution is -0.119. The highest BCUT2D eigenvalue weighted by Crippen LogP contribution is 2.22. The smallest absolute Gasteiger partial charge is 0.342 e. The van der Waals surface area contributed by atoms with Crippen molar-refractivity contribution < 1.29 is 27.9 Å². The molecule has 0 atom stereocenters. The van der Waals surface area contributed by atoms with Gasteiger partial charge in [0.05, 0.1) is 4.90 Å². The zero-order chi connectivity index (χ0) is 18.6. The van der Waals surface area contributed by atoms with E-state index in [0.717, 1.165) is 6.07 Å². The van der Waals surface area contributed by atoms with E-state index in [-0.39, 0.29) is 26.9 Å². The van der Waals surface area contributed by atoms with Gasteiger partial charge in [0.15, 0.2) is 6.61 Å². The Morgan fingerprint density at radius 1 is 1.20 bits per heavy atom. The van der Waals surface area contributed by atoms with Gasteiger partial charge in [0, 0.05) is 10.7 Å². The maximum atomic E-state index is 11.8. The molecule has 25 heavy (non-hydrogen) atoms. The molecule has 10 heteroatoms. The summed E-state index contributed by atoms with van der Waals surface area (Å²) >= 11 is 5.73. The zero-order valence-electron chi connectivity index (χ0n) is 12.6. The normalized spacial score (nSPS) is 11.0. The van der Waals surface area contributed by atoms with Crippen LogP contribution in [0, 0.1) is 0 Å². The van der Waals surface area contributed by atoms with E-state index in [9.17, 15) is 23.1 Å². The van der Waals surface area contributed by atoms with E-state index >= 15 is 0 Å². The van der Waals surface area contributed by atoms with Crippen LogP contribution in [-0.2, 0) is 19.6 Å². The summed E-state index contributed by atoms with van der Waals surface area (Å²) in [4.78, 5) is 23.5. The fraction of sp³-hybridized carbons (Fsp3) is 0.0667. The van der Waals surface area contributed by atoms with E-state index in [4.69, 9.17) is 21.5 Å². The summed E-state index contributed by atoms with van der Waals surface area (Å²) in [7, 11) is -3.91. The van der Waals surface area contributed by atoms with Crippen molar-refractivity contribution in [3.8, 4) is 5.75 Å². The highest BCUT2D eigenvalue weighted by Gasteiger charge is 2.15. The number of aromatic hydroxyl groups is 1. The molecular formula is C15H13ClN2O6S. The van der Waals surface area contributed by atoms with Crippen molar-refractivity contribution >= 4 is 39.2 Å². The molecule has 0 bridgehead atoms. The molecule has 0 unspecified atom stereocenters. The molecule has 2 aromatic rings. The maximum Gasteiger partial charge on any atom is 0.342 e. The molecule has 132 valence electrons. The molecule has 0 saturated heterocycles. The van der Waals surface area contributed by atoms with Crippen LogP contribution >= 0.6 is 11.6 Å². The Labute approximate surface area is 148 Å². The summed E-state index contributed by atoms with van der Waals surface area (Å²) in [6.07, 6.45) is 0. The lowest BCUT2D eigenvalue weighted by Gasteiger charge is -2.08. The largest absolute Gasteiger partial charge is 0.507 e. The van der Waals surface area contributed by atoms with Crippen LogP contribution in [0.2, 0.25) is 5.02 Å². The van der Waals surface area contributed by atoms with Crippen LogP contribution < -0.4 is 10.5 Å². The second-order valence-corrected chi connectivity index (χ2v) is 6.86. The average molecular weight is 385 g/mol. The Bertz CT molecular complexity index is 929. The first-order valence-electron chi connectivity index (χ1n) is 6.75. The van der Waals surface area contributed by atoms with Gasteiger partial charge in [-0.1, -0.05) is 17.7 Å². The molecule has 0 aliphatic heterocycles. The number of phenolic OH excluding ortho intramolecular Hbond substituents is 1. The molecule has 0 heterocycles. The first-order valence-corrected chi connectivity index (χ1v) is 8.67. The summed E-state index contributed by atoms with van der Waals surface area (Å²) in [6.45, 7) is -0.648. The minimum atomic E-state index is -3.91. The van der Waals surface area contributed by atoms with E-state index in [2.05, 4.69) is 5.32 Å². The third-order valence-electron chi connectivity index (χ3n) is 2.96. The topological polar surface area (TPSA) is 136 Å². The van der Waals surface area contributed by atoms with Gasteiger partial charge >= 0.3 is 5.97 Å². The van der Waals surface area contributed by atoms with Crippen molar-refractivity contribution in [3.63, 3.8) is 0 Å². The minimum absolute atomic E-state index is 0.165. The molecule has 4 N–H and O–H groups in total. The number of benzene rings is 2. The number of rotatable bonds is 5. The lowest BCUT2D eigenvalue weighted by atomic mass is 10.2. The van der Waals surface area contributed by atoms with Crippen LogP contribution in [0.4, 0.5) is 5.69 Å². The fourth-order valence-electron chi connectivity index (χ4n) is 1.83. The Morgan fingerprint density at radius 2 is 1.92 bits per heavy atom. The molecule has 8 nitrogen and oxygen atoms in total. The first-order chi connectivity index (χ1) is 11.7. The number of nitrogens with two attached hydrogens (primary N) is 1. The summed E-state index contributed by atoms with van der Waals surface area (Å²) < 4.78 is 27.3. The fourth-order valence-corrected chi connectivity index (χ4v) is 2.56. The quantitative estimate of drug-likeness (QED) is 0.668. The van der Waals surface area contributed by atoms with Gasteiger partial charge in [-0.15, -0.1) is 0 Å². The lowest BCUT2D eigenvalue weighted by Crippen LogP contribution is -2.21. The molecular weight excluding hydrogens is 372 g/mol. The molecule has 2 rings (SSSR count). The number of carbonyl (C=O) groups is 2. The second-order valence-electron chi connectivity index (χ2n) is 4.86. The zero-order valence-corrected chi connectivity index (χ0v) is 14.2. The van der Waals surface area contributed by atoms with Crippen molar-refractivity contribution in [1.82, 2.24) is 0 Å². The Morgan fingerprint density at radius 3 is 2.60 bits per heavy atom. The Balaban J connectivity index is 1.99. The number of ether oxygens (including phenoxy) is 1. The van der Waals surface area contributed by atoms with Gasteiger partial charge in [-0.05, 0) is 36.4 Å². The van der Waals surface area contributed by atoms with Crippen LogP contribution in [0.1, 0.15) is 10.4 Å². The van der Waals surface area contributed by atoms with E-state index in [1.165, 1.54) is 36.4 Å². The van der Waals surface area contributed by atoms with Crippen molar-refractivity contribution in [1.29, 1.82) is 0 Å². The number of hydrogen-bond acceptors (Lipinski definition) is 6. The number of amides is 1. The number of primary sulfonamides is 1. The van der Waals surface area contributed by atoms with Crippen LogP contribution in [0.15, 0.2) is 47.4 Å². The summed E-state index contributed by atoms with van der Waals surface area (Å²) in [6, 6.07) is 9.08. The van der Waals surface area contributed by atoms with Crippen LogP contribution in [0.3, 0.4) is 0 Å². The van der Waals surface area contributed by atoms with Crippen molar-refractivity contribution in [2.75, 3.05) is 11.9 Å². The average Bonchev–Trinajstić information content (AvgIpc) is 2.54. The summed E-state index contributed by atoms with van der Waals surface area (Å²) in [5, 5.41) is 17.2. The predicted molar refractivity (Wildman–Crippen MR) is 89.8 cm³/mol. The summed E-state index contributed by atoms with van der Waals surface area (Å²) in [5.41, 5.74) is -0.0188. The van der Waals surface area contributed by atoms with Gasteiger partial charge in [-0.2, -0.15) is 0 Å². The minimum Gasteiger partial charge on any atom is -0.507 e. The van der Waals surface area contributed by atoms with E-state index in [1.54, 1.807) is 0 Å². The Hall–Kier alpha value is -2.62. The number of halogens is 1. The van der Waals surface area contributed by atoms with E-state index in [1.807, 2.05) is 0 Å². The molecule has 0 saturated carbocycles. The van der Waals surface area contributed by atoms with Gasteiger partial charge < -0.3 is 15.2 Å². The van der Waals surface area contributed by atoms with Gasteiger partial charge in [0.25, 0.3) is 5.91 Å². The monoisotopic (exact) mass is 384 g/mol.